The summed E-state index contributed by atoms with van der Waals surface area (Å²) in [6.45, 7) is 6.52. The summed E-state index contributed by atoms with van der Waals surface area (Å²) in [5.41, 5.74) is 2.33. The smallest absolute Gasteiger partial charge is 0.224 e. The van der Waals surface area contributed by atoms with E-state index in [1.165, 1.54) is 5.56 Å². The van der Waals surface area contributed by atoms with Crippen molar-refractivity contribution in [1.29, 1.82) is 0 Å². The summed E-state index contributed by atoms with van der Waals surface area (Å²) in [5, 5.41) is 3.27. The molecule has 1 atom stereocenters. The Morgan fingerprint density at radius 2 is 2.44 bits per heavy atom. The minimum absolute atomic E-state index is 0.234. The van der Waals surface area contributed by atoms with Crippen LogP contribution in [0.4, 0.5) is 0 Å². The van der Waals surface area contributed by atoms with Gasteiger partial charge in [0.25, 0.3) is 0 Å². The van der Waals surface area contributed by atoms with Crippen LogP contribution in [0.1, 0.15) is 31.5 Å². The molecule has 98 valence electrons. The number of nitrogens with one attached hydrogen (secondary N) is 1. The van der Waals surface area contributed by atoms with Gasteiger partial charge in [-0.1, -0.05) is 13.0 Å². The number of carbonyl (C=O) groups is 1. The molecule has 0 saturated carbocycles. The lowest BCUT2D eigenvalue weighted by Gasteiger charge is -2.29. The molecule has 0 fully saturated rings. The zero-order chi connectivity index (χ0) is 13.0. The largest absolute Gasteiger partial charge is 0.338 e. The van der Waals surface area contributed by atoms with Crippen molar-refractivity contribution in [3.05, 3.63) is 29.6 Å². The Morgan fingerprint density at radius 3 is 3.22 bits per heavy atom. The lowest BCUT2D eigenvalue weighted by Crippen LogP contribution is -2.40. The zero-order valence-corrected chi connectivity index (χ0v) is 11.1. The molecular formula is C14H21N3O. The quantitative estimate of drug-likeness (QED) is 0.873. The molecule has 18 heavy (non-hydrogen) atoms. The number of amides is 1. The number of rotatable bonds is 4. The molecule has 2 rings (SSSR count). The number of pyridine rings is 1. The minimum Gasteiger partial charge on any atom is -0.338 e. The number of carbonyl (C=O) groups excluding carboxylic acids is 1. The first-order valence-electron chi connectivity index (χ1n) is 6.64. The normalized spacial score (nSPS) is 16.2. The van der Waals surface area contributed by atoms with Crippen LogP contribution in [0.25, 0.3) is 0 Å². The minimum atomic E-state index is 0.234. The maximum absolute atomic E-state index is 12.2. The topological polar surface area (TPSA) is 45.2 Å². The van der Waals surface area contributed by atoms with Crippen molar-refractivity contribution in [1.82, 2.24) is 15.2 Å². The highest BCUT2D eigenvalue weighted by molar-refractivity contribution is 5.77. The molecule has 1 aliphatic rings. The maximum atomic E-state index is 12.2. The fourth-order valence-corrected chi connectivity index (χ4v) is 2.39. The SMILES string of the molecule is CCNC(C)CC(=O)N1CCc2ncccc2C1. The maximum Gasteiger partial charge on any atom is 0.224 e. The second kappa shape index (κ2) is 5.96. The Bertz CT molecular complexity index is 419. The van der Waals surface area contributed by atoms with Crippen LogP contribution in [0.15, 0.2) is 18.3 Å². The summed E-state index contributed by atoms with van der Waals surface area (Å²) >= 11 is 0. The van der Waals surface area contributed by atoms with Crippen molar-refractivity contribution >= 4 is 5.91 Å². The van der Waals surface area contributed by atoms with Crippen LogP contribution in [0.3, 0.4) is 0 Å². The molecule has 0 spiro atoms. The molecule has 1 unspecified atom stereocenters. The van der Waals surface area contributed by atoms with Crippen LogP contribution >= 0.6 is 0 Å². The van der Waals surface area contributed by atoms with Crippen LogP contribution in [0.5, 0.6) is 0 Å². The fraction of sp³-hybridized carbons (Fsp3) is 0.571. The van der Waals surface area contributed by atoms with E-state index < -0.39 is 0 Å². The second-order valence-corrected chi connectivity index (χ2v) is 4.84. The summed E-state index contributed by atoms with van der Waals surface area (Å²) in [6, 6.07) is 4.25. The number of aromatic nitrogens is 1. The summed E-state index contributed by atoms with van der Waals surface area (Å²) in [4.78, 5) is 18.5. The lowest BCUT2D eigenvalue weighted by atomic mass is 10.0. The fourth-order valence-electron chi connectivity index (χ4n) is 2.39. The first-order valence-corrected chi connectivity index (χ1v) is 6.64. The first kappa shape index (κ1) is 13.0. The van der Waals surface area contributed by atoms with E-state index in [4.69, 9.17) is 0 Å². The van der Waals surface area contributed by atoms with E-state index in [2.05, 4.69) is 30.2 Å². The van der Waals surface area contributed by atoms with Crippen LogP contribution in [0, 0.1) is 0 Å². The van der Waals surface area contributed by atoms with Crippen LogP contribution in [-0.2, 0) is 17.8 Å². The van der Waals surface area contributed by atoms with Crippen molar-refractivity contribution in [3.63, 3.8) is 0 Å². The third kappa shape index (κ3) is 3.07. The molecule has 1 aromatic rings. The molecule has 1 aromatic heterocycles. The van der Waals surface area contributed by atoms with Crippen LogP contribution < -0.4 is 5.32 Å². The van der Waals surface area contributed by atoms with Gasteiger partial charge in [-0.05, 0) is 25.1 Å². The van der Waals surface area contributed by atoms with Gasteiger partial charge in [-0.2, -0.15) is 0 Å². The van der Waals surface area contributed by atoms with Gasteiger partial charge >= 0.3 is 0 Å². The molecule has 2 heterocycles. The molecule has 4 heteroatoms. The van der Waals surface area contributed by atoms with Gasteiger partial charge in [0.05, 0.1) is 0 Å². The summed E-state index contributed by atoms with van der Waals surface area (Å²) in [6.07, 6.45) is 3.27. The number of hydrogen-bond donors (Lipinski definition) is 1. The summed E-state index contributed by atoms with van der Waals surface area (Å²) < 4.78 is 0. The highest BCUT2D eigenvalue weighted by atomic mass is 16.2. The van der Waals surface area contributed by atoms with Gasteiger partial charge < -0.3 is 10.2 Å². The number of fused-ring (bicyclic) bond motifs is 1. The standard InChI is InChI=1S/C14H21N3O/c1-3-15-11(2)9-14(18)17-8-6-13-12(10-17)5-4-7-16-13/h4-5,7,11,15H,3,6,8-10H2,1-2H3. The van der Waals surface area contributed by atoms with E-state index in [0.717, 1.165) is 25.2 Å². The van der Waals surface area contributed by atoms with Crippen LogP contribution in [-0.4, -0.2) is 34.9 Å². The van der Waals surface area contributed by atoms with Gasteiger partial charge in [-0.15, -0.1) is 0 Å². The molecule has 1 N–H and O–H groups in total. The zero-order valence-electron chi connectivity index (χ0n) is 11.1. The number of hydrogen-bond acceptors (Lipinski definition) is 3. The molecule has 0 radical (unpaired) electrons. The third-order valence-corrected chi connectivity index (χ3v) is 3.35. The Kier molecular flexibility index (Phi) is 4.31. The van der Waals surface area contributed by atoms with Gasteiger partial charge in [0.2, 0.25) is 5.91 Å². The molecule has 0 aromatic carbocycles. The Balaban J connectivity index is 1.94. The van der Waals surface area contributed by atoms with E-state index in [1.807, 2.05) is 17.2 Å². The Labute approximate surface area is 108 Å². The van der Waals surface area contributed by atoms with Gasteiger partial charge in [-0.25, -0.2) is 0 Å². The first-order chi connectivity index (χ1) is 8.70. The number of nitrogens with zero attached hydrogens (tertiary/aromatic N) is 2. The molecule has 0 aliphatic carbocycles. The Morgan fingerprint density at radius 1 is 1.61 bits per heavy atom. The van der Waals surface area contributed by atoms with E-state index in [0.29, 0.717) is 13.0 Å². The molecule has 0 bridgehead atoms. The van der Waals surface area contributed by atoms with Gasteiger partial charge in [0.1, 0.15) is 0 Å². The van der Waals surface area contributed by atoms with Gasteiger partial charge in [-0.3, -0.25) is 9.78 Å². The molecule has 1 amide bonds. The van der Waals surface area contributed by atoms with Crippen molar-refractivity contribution in [3.8, 4) is 0 Å². The molecule has 4 nitrogen and oxygen atoms in total. The lowest BCUT2D eigenvalue weighted by molar-refractivity contribution is -0.132. The highest BCUT2D eigenvalue weighted by Gasteiger charge is 2.21. The summed E-state index contributed by atoms with van der Waals surface area (Å²) in [5.74, 6) is 0.234. The monoisotopic (exact) mass is 247 g/mol. The average molecular weight is 247 g/mol. The van der Waals surface area contributed by atoms with Crippen molar-refractivity contribution in [2.24, 2.45) is 0 Å². The van der Waals surface area contributed by atoms with Crippen molar-refractivity contribution in [2.45, 2.75) is 39.3 Å². The van der Waals surface area contributed by atoms with Gasteiger partial charge in [0.15, 0.2) is 0 Å². The van der Waals surface area contributed by atoms with E-state index in [9.17, 15) is 4.79 Å². The molecule has 1 aliphatic heterocycles. The third-order valence-electron chi connectivity index (χ3n) is 3.35. The van der Waals surface area contributed by atoms with E-state index >= 15 is 0 Å². The van der Waals surface area contributed by atoms with Crippen LogP contribution in [0.2, 0.25) is 0 Å². The van der Waals surface area contributed by atoms with E-state index in [-0.39, 0.29) is 11.9 Å². The predicted molar refractivity (Wildman–Crippen MR) is 71.1 cm³/mol. The summed E-state index contributed by atoms with van der Waals surface area (Å²) in [7, 11) is 0. The molecular weight excluding hydrogens is 226 g/mol. The van der Waals surface area contributed by atoms with Crippen molar-refractivity contribution in [2.75, 3.05) is 13.1 Å². The molecule has 0 saturated heterocycles. The van der Waals surface area contributed by atoms with Crippen molar-refractivity contribution < 1.29 is 4.79 Å². The highest BCUT2D eigenvalue weighted by Crippen LogP contribution is 2.17. The Hall–Kier alpha value is -1.42. The van der Waals surface area contributed by atoms with E-state index in [1.54, 1.807) is 0 Å². The second-order valence-electron chi connectivity index (χ2n) is 4.84. The van der Waals surface area contributed by atoms with Gasteiger partial charge in [0, 0.05) is 43.9 Å². The predicted octanol–water partition coefficient (Wildman–Crippen LogP) is 1.35. The average Bonchev–Trinajstić information content (AvgIpc) is 2.38.